The van der Waals surface area contributed by atoms with Crippen LogP contribution in [0.4, 0.5) is 0 Å². The number of fused-ring (bicyclic) bond motifs is 1. The van der Waals surface area contributed by atoms with Gasteiger partial charge in [0.2, 0.25) is 0 Å². The van der Waals surface area contributed by atoms with E-state index in [-0.39, 0.29) is 12.5 Å². The van der Waals surface area contributed by atoms with Gasteiger partial charge in [-0.3, -0.25) is 9.78 Å². The molecule has 0 fully saturated rings. The lowest BCUT2D eigenvalue weighted by Crippen LogP contribution is -2.26. The normalized spacial score (nSPS) is 10.8. The summed E-state index contributed by atoms with van der Waals surface area (Å²) in [6.45, 7) is 1.28. The molecule has 2 heterocycles. The number of rotatable bonds is 7. The number of nitrogens with one attached hydrogen (secondary N) is 1. The van der Waals surface area contributed by atoms with E-state index in [0.29, 0.717) is 29.6 Å². The van der Waals surface area contributed by atoms with Gasteiger partial charge < -0.3 is 14.6 Å². The monoisotopic (exact) mass is 406 g/mol. The molecule has 7 heteroatoms. The third-order valence-electron chi connectivity index (χ3n) is 4.45. The van der Waals surface area contributed by atoms with Crippen molar-refractivity contribution in [3.8, 4) is 5.75 Å². The second kappa shape index (κ2) is 8.75. The molecule has 6 nitrogen and oxygen atoms in total. The molecule has 1 N–H and O–H groups in total. The highest BCUT2D eigenvalue weighted by Gasteiger charge is 2.13. The molecule has 0 aliphatic carbocycles. The highest BCUT2D eigenvalue weighted by Crippen LogP contribution is 2.23. The fourth-order valence-electron chi connectivity index (χ4n) is 3.07. The van der Waals surface area contributed by atoms with E-state index < -0.39 is 0 Å². The molecule has 0 aliphatic rings. The maximum absolute atomic E-state index is 12.3. The first-order chi connectivity index (χ1) is 14.2. The molecule has 146 valence electrons. The number of pyridine rings is 1. The lowest BCUT2D eigenvalue weighted by molar-refractivity contribution is 0.0944. The number of para-hydroxylation sites is 3. The molecule has 0 unspecified atom stereocenters. The molecule has 0 aliphatic heterocycles. The van der Waals surface area contributed by atoms with Crippen molar-refractivity contribution < 1.29 is 9.53 Å². The van der Waals surface area contributed by atoms with Crippen LogP contribution in [0.25, 0.3) is 11.0 Å². The Balaban J connectivity index is 1.50. The zero-order valence-electron chi connectivity index (χ0n) is 15.6. The van der Waals surface area contributed by atoms with Crippen molar-refractivity contribution >= 4 is 28.5 Å². The Hall–Kier alpha value is -3.38. The fraction of sp³-hybridized carbons (Fsp3) is 0.136. The van der Waals surface area contributed by atoms with E-state index in [0.717, 1.165) is 16.9 Å². The van der Waals surface area contributed by atoms with Crippen LogP contribution in [0.3, 0.4) is 0 Å². The van der Waals surface area contributed by atoms with Gasteiger partial charge in [-0.2, -0.15) is 0 Å². The summed E-state index contributed by atoms with van der Waals surface area (Å²) in [6.07, 6.45) is 1.59. The van der Waals surface area contributed by atoms with Crippen molar-refractivity contribution in [2.45, 2.75) is 13.1 Å². The second-order valence-electron chi connectivity index (χ2n) is 6.34. The van der Waals surface area contributed by atoms with E-state index in [4.69, 9.17) is 16.3 Å². The Morgan fingerprint density at radius 2 is 1.83 bits per heavy atom. The highest BCUT2D eigenvalue weighted by molar-refractivity contribution is 6.32. The quantitative estimate of drug-likeness (QED) is 0.501. The zero-order chi connectivity index (χ0) is 20.1. The van der Waals surface area contributed by atoms with Gasteiger partial charge in [-0.25, -0.2) is 4.98 Å². The summed E-state index contributed by atoms with van der Waals surface area (Å²) in [6, 6.07) is 20.5. The number of aromatic nitrogens is 3. The molecule has 4 rings (SSSR count). The number of carbonyl (C=O) groups excluding carboxylic acids is 1. The van der Waals surface area contributed by atoms with E-state index in [1.165, 1.54) is 0 Å². The van der Waals surface area contributed by atoms with Gasteiger partial charge in [0.15, 0.2) is 0 Å². The van der Waals surface area contributed by atoms with Crippen LogP contribution in [-0.4, -0.2) is 27.0 Å². The smallest absolute Gasteiger partial charge is 0.270 e. The minimum Gasteiger partial charge on any atom is -0.490 e. The van der Waals surface area contributed by atoms with Crippen LogP contribution in [0.15, 0.2) is 72.9 Å². The number of hydrogen-bond acceptors (Lipinski definition) is 4. The minimum absolute atomic E-state index is 0.239. The molecular weight excluding hydrogens is 388 g/mol. The molecule has 29 heavy (non-hydrogen) atoms. The Kier molecular flexibility index (Phi) is 5.72. The summed E-state index contributed by atoms with van der Waals surface area (Å²) in [5.41, 5.74) is 2.22. The van der Waals surface area contributed by atoms with Crippen molar-refractivity contribution in [2.24, 2.45) is 0 Å². The van der Waals surface area contributed by atoms with Crippen molar-refractivity contribution in [1.29, 1.82) is 0 Å². The van der Waals surface area contributed by atoms with Crippen LogP contribution in [0.2, 0.25) is 5.02 Å². The Labute approximate surface area is 173 Å². The van der Waals surface area contributed by atoms with Crippen molar-refractivity contribution in [2.75, 3.05) is 6.61 Å². The molecule has 0 saturated heterocycles. The molecule has 2 aromatic carbocycles. The summed E-state index contributed by atoms with van der Waals surface area (Å²) in [4.78, 5) is 21.1. The van der Waals surface area contributed by atoms with Crippen LogP contribution in [-0.2, 0) is 13.1 Å². The van der Waals surface area contributed by atoms with Gasteiger partial charge in [0.25, 0.3) is 5.91 Å². The van der Waals surface area contributed by atoms with Crippen LogP contribution in [0.5, 0.6) is 5.75 Å². The van der Waals surface area contributed by atoms with E-state index in [1.807, 2.05) is 47.0 Å². The summed E-state index contributed by atoms with van der Waals surface area (Å²) in [7, 11) is 0. The van der Waals surface area contributed by atoms with Crippen molar-refractivity contribution in [1.82, 2.24) is 19.9 Å². The van der Waals surface area contributed by atoms with E-state index in [2.05, 4.69) is 15.3 Å². The van der Waals surface area contributed by atoms with E-state index in [1.54, 1.807) is 30.5 Å². The van der Waals surface area contributed by atoms with Gasteiger partial charge in [0.1, 0.15) is 23.9 Å². The van der Waals surface area contributed by atoms with Gasteiger partial charge in [-0.15, -0.1) is 0 Å². The number of nitrogens with zero attached hydrogens (tertiary/aromatic N) is 3. The molecule has 0 bridgehead atoms. The number of amides is 1. The van der Waals surface area contributed by atoms with Gasteiger partial charge in [-0.1, -0.05) is 41.9 Å². The van der Waals surface area contributed by atoms with Gasteiger partial charge in [0, 0.05) is 6.20 Å². The maximum Gasteiger partial charge on any atom is 0.270 e. The predicted molar refractivity (Wildman–Crippen MR) is 112 cm³/mol. The van der Waals surface area contributed by atoms with Crippen molar-refractivity contribution in [3.05, 3.63) is 89.5 Å². The maximum atomic E-state index is 12.3. The van der Waals surface area contributed by atoms with E-state index in [9.17, 15) is 4.79 Å². The van der Waals surface area contributed by atoms with Crippen LogP contribution in [0, 0.1) is 0 Å². The molecule has 0 spiro atoms. The number of imidazole rings is 1. The molecule has 0 saturated carbocycles. The van der Waals surface area contributed by atoms with Crippen LogP contribution >= 0.6 is 11.6 Å². The number of carbonyl (C=O) groups is 1. The van der Waals surface area contributed by atoms with Crippen LogP contribution < -0.4 is 10.1 Å². The first-order valence-electron chi connectivity index (χ1n) is 9.23. The molecule has 2 aromatic heterocycles. The average Bonchev–Trinajstić information content (AvgIpc) is 3.11. The van der Waals surface area contributed by atoms with Gasteiger partial charge in [0.05, 0.1) is 29.1 Å². The summed E-state index contributed by atoms with van der Waals surface area (Å²) < 4.78 is 7.88. The largest absolute Gasteiger partial charge is 0.490 e. The number of hydrogen-bond donors (Lipinski definition) is 1. The molecule has 4 aromatic rings. The van der Waals surface area contributed by atoms with Gasteiger partial charge in [-0.05, 0) is 36.4 Å². The standard InChI is InChI=1S/C22H19ClN4O2/c23-16-7-1-4-11-20(16)29-14-13-27-19-10-3-2-8-17(19)26-21(27)15-25-22(28)18-9-5-6-12-24-18/h1-12H,13-15H2,(H,25,28). The third-order valence-corrected chi connectivity index (χ3v) is 4.76. The lowest BCUT2D eigenvalue weighted by Gasteiger charge is -2.12. The topological polar surface area (TPSA) is 69.0 Å². The molecule has 0 atom stereocenters. The van der Waals surface area contributed by atoms with E-state index >= 15 is 0 Å². The SMILES string of the molecule is O=C(NCc1nc2ccccc2n1CCOc1ccccc1Cl)c1ccccn1. The Morgan fingerprint density at radius 3 is 2.66 bits per heavy atom. The number of ether oxygens (including phenoxy) is 1. The number of benzene rings is 2. The first-order valence-corrected chi connectivity index (χ1v) is 9.61. The lowest BCUT2D eigenvalue weighted by atomic mass is 10.3. The summed E-state index contributed by atoms with van der Waals surface area (Å²) in [5, 5.41) is 3.46. The summed E-state index contributed by atoms with van der Waals surface area (Å²) in [5.74, 6) is 1.15. The number of halogens is 1. The average molecular weight is 407 g/mol. The summed E-state index contributed by atoms with van der Waals surface area (Å²) >= 11 is 6.16. The van der Waals surface area contributed by atoms with Crippen molar-refractivity contribution in [3.63, 3.8) is 0 Å². The zero-order valence-corrected chi connectivity index (χ0v) is 16.3. The molecule has 0 radical (unpaired) electrons. The van der Waals surface area contributed by atoms with Crippen LogP contribution in [0.1, 0.15) is 16.3 Å². The fourth-order valence-corrected chi connectivity index (χ4v) is 3.26. The third kappa shape index (κ3) is 4.38. The van der Waals surface area contributed by atoms with Gasteiger partial charge >= 0.3 is 0 Å². The highest BCUT2D eigenvalue weighted by atomic mass is 35.5. The molecule has 1 amide bonds. The minimum atomic E-state index is -0.239. The Bertz CT molecular complexity index is 1130. The molecular formula is C22H19ClN4O2. The first kappa shape index (κ1) is 19.0. The predicted octanol–water partition coefficient (Wildman–Crippen LogP) is 4.09. The Morgan fingerprint density at radius 1 is 1.03 bits per heavy atom. The second-order valence-corrected chi connectivity index (χ2v) is 6.75.